The average molecular weight is 526 g/mol. The number of nitrogens with one attached hydrogen (secondary N) is 2. The Bertz CT molecular complexity index is 1760. The fourth-order valence-electron chi connectivity index (χ4n) is 4.64. The predicted octanol–water partition coefficient (Wildman–Crippen LogP) is 2.79. The standard InChI is InChI=1S/C24H18F4N8O2/c1-29-22(37)16-4-3-14(6-30-16)35-10-13-9-34(11-17(13)33-35)8-12-2-5-18-20(19(12)25)32-23(38)21-15(24(26,27)28)7-31-36(18)21/h2-7,10H,8-9,11H2,1H3,(H,29,37)(H,32,38). The van der Waals surface area contributed by atoms with Gasteiger partial charge in [-0.3, -0.25) is 14.5 Å². The molecule has 0 spiro atoms. The number of amides is 1. The quantitative estimate of drug-likeness (QED) is 0.349. The largest absolute Gasteiger partial charge is 0.420 e. The van der Waals surface area contributed by atoms with E-state index in [4.69, 9.17) is 0 Å². The molecule has 38 heavy (non-hydrogen) atoms. The summed E-state index contributed by atoms with van der Waals surface area (Å²) in [4.78, 5) is 32.5. The van der Waals surface area contributed by atoms with Crippen LogP contribution in [0.2, 0.25) is 0 Å². The molecule has 194 valence electrons. The second-order valence-electron chi connectivity index (χ2n) is 8.87. The van der Waals surface area contributed by atoms with Crippen molar-refractivity contribution in [1.29, 1.82) is 0 Å². The molecule has 0 fully saturated rings. The summed E-state index contributed by atoms with van der Waals surface area (Å²) >= 11 is 0. The lowest BCUT2D eigenvalue weighted by atomic mass is 10.1. The number of hydrogen-bond acceptors (Lipinski definition) is 6. The number of fused-ring (bicyclic) bond motifs is 4. The van der Waals surface area contributed by atoms with Gasteiger partial charge in [0, 0.05) is 44.0 Å². The van der Waals surface area contributed by atoms with Crippen LogP contribution < -0.4 is 10.9 Å². The average Bonchev–Trinajstić information content (AvgIpc) is 3.59. The van der Waals surface area contributed by atoms with E-state index >= 15 is 4.39 Å². The molecule has 1 aliphatic heterocycles. The summed E-state index contributed by atoms with van der Waals surface area (Å²) in [6, 6.07) is 6.24. The number of pyridine rings is 1. The minimum atomic E-state index is -4.77. The van der Waals surface area contributed by atoms with Gasteiger partial charge in [-0.05, 0) is 18.2 Å². The summed E-state index contributed by atoms with van der Waals surface area (Å²) in [5, 5.41) is 10.8. The van der Waals surface area contributed by atoms with Gasteiger partial charge in [-0.1, -0.05) is 6.07 Å². The van der Waals surface area contributed by atoms with Crippen LogP contribution in [0.15, 0.2) is 47.7 Å². The van der Waals surface area contributed by atoms with E-state index < -0.39 is 28.6 Å². The highest BCUT2D eigenvalue weighted by Gasteiger charge is 2.36. The summed E-state index contributed by atoms with van der Waals surface area (Å²) in [5.41, 5.74) is -0.167. The number of benzene rings is 1. The molecule has 0 saturated carbocycles. The van der Waals surface area contributed by atoms with Crippen molar-refractivity contribution in [2.24, 2.45) is 0 Å². The first-order valence-electron chi connectivity index (χ1n) is 11.4. The molecule has 5 aromatic rings. The number of H-pyrrole nitrogens is 1. The maximum Gasteiger partial charge on any atom is 0.420 e. The fourth-order valence-corrected chi connectivity index (χ4v) is 4.64. The molecule has 10 nitrogen and oxygen atoms in total. The van der Waals surface area contributed by atoms with E-state index in [0.717, 1.165) is 15.8 Å². The van der Waals surface area contributed by atoms with Gasteiger partial charge in [-0.15, -0.1) is 0 Å². The van der Waals surface area contributed by atoms with Gasteiger partial charge >= 0.3 is 6.18 Å². The van der Waals surface area contributed by atoms with Crippen LogP contribution >= 0.6 is 0 Å². The Labute approximate surface area is 210 Å². The number of carbonyl (C=O) groups is 1. The molecule has 0 bridgehead atoms. The Hall–Kier alpha value is -4.59. The fraction of sp³-hybridized carbons (Fsp3) is 0.208. The third-order valence-electron chi connectivity index (χ3n) is 6.47. The molecule has 0 atom stereocenters. The molecule has 6 rings (SSSR count). The van der Waals surface area contributed by atoms with E-state index in [-0.39, 0.29) is 34.7 Å². The first-order valence-corrected chi connectivity index (χ1v) is 11.4. The van der Waals surface area contributed by atoms with Crippen molar-refractivity contribution in [3.63, 3.8) is 0 Å². The topological polar surface area (TPSA) is 113 Å². The zero-order chi connectivity index (χ0) is 26.8. The summed E-state index contributed by atoms with van der Waals surface area (Å²) in [7, 11) is 1.52. The molecule has 0 radical (unpaired) electrons. The van der Waals surface area contributed by atoms with Crippen molar-refractivity contribution < 1.29 is 22.4 Å². The van der Waals surface area contributed by atoms with Crippen molar-refractivity contribution in [3.8, 4) is 5.69 Å². The molecule has 0 saturated heterocycles. The molecular weight excluding hydrogens is 508 g/mol. The van der Waals surface area contributed by atoms with Crippen LogP contribution in [-0.4, -0.2) is 47.2 Å². The van der Waals surface area contributed by atoms with E-state index in [2.05, 4.69) is 25.5 Å². The predicted molar refractivity (Wildman–Crippen MR) is 126 cm³/mol. The number of aromatic amines is 1. The van der Waals surface area contributed by atoms with Crippen LogP contribution in [0.25, 0.3) is 22.2 Å². The highest BCUT2D eigenvalue weighted by molar-refractivity contribution is 5.92. The number of alkyl halides is 3. The van der Waals surface area contributed by atoms with Crippen LogP contribution in [0, 0.1) is 5.82 Å². The Kier molecular flexibility index (Phi) is 5.31. The number of carbonyl (C=O) groups excluding carboxylic acids is 1. The monoisotopic (exact) mass is 526 g/mol. The molecule has 0 aliphatic carbocycles. The van der Waals surface area contributed by atoms with E-state index in [1.165, 1.54) is 19.2 Å². The Morgan fingerprint density at radius 1 is 1.16 bits per heavy atom. The number of aromatic nitrogens is 6. The number of halogens is 4. The minimum Gasteiger partial charge on any atom is -0.354 e. The van der Waals surface area contributed by atoms with Crippen LogP contribution in [0.4, 0.5) is 17.6 Å². The summed E-state index contributed by atoms with van der Waals surface area (Å²) in [5.74, 6) is -1.03. The molecule has 1 aliphatic rings. The Morgan fingerprint density at radius 2 is 1.97 bits per heavy atom. The summed E-state index contributed by atoms with van der Waals surface area (Å²) in [6.07, 6.45) is -0.826. The van der Waals surface area contributed by atoms with Crippen molar-refractivity contribution in [2.75, 3.05) is 7.05 Å². The zero-order valence-electron chi connectivity index (χ0n) is 19.7. The molecular formula is C24H18F4N8O2. The number of hydrogen-bond donors (Lipinski definition) is 2. The normalized spacial score (nSPS) is 13.9. The minimum absolute atomic E-state index is 0.0217. The van der Waals surface area contributed by atoms with Crippen LogP contribution in [0.1, 0.15) is 32.9 Å². The molecule has 1 amide bonds. The van der Waals surface area contributed by atoms with E-state index in [1.54, 1.807) is 23.0 Å². The van der Waals surface area contributed by atoms with E-state index in [0.29, 0.717) is 25.0 Å². The first kappa shape index (κ1) is 23.8. The second-order valence-corrected chi connectivity index (χ2v) is 8.87. The Balaban J connectivity index is 1.24. The first-order chi connectivity index (χ1) is 18.1. The van der Waals surface area contributed by atoms with Crippen LogP contribution in [0.5, 0.6) is 0 Å². The van der Waals surface area contributed by atoms with Crippen molar-refractivity contribution in [2.45, 2.75) is 25.8 Å². The molecule has 1 aromatic carbocycles. The molecule has 5 heterocycles. The van der Waals surface area contributed by atoms with Gasteiger partial charge in [-0.2, -0.15) is 23.4 Å². The van der Waals surface area contributed by atoms with Crippen molar-refractivity contribution in [3.05, 3.63) is 87.1 Å². The van der Waals surface area contributed by atoms with Crippen molar-refractivity contribution >= 4 is 22.5 Å². The third-order valence-corrected chi connectivity index (χ3v) is 6.47. The maximum atomic E-state index is 15.4. The summed E-state index contributed by atoms with van der Waals surface area (Å²) in [6.45, 7) is 1.11. The van der Waals surface area contributed by atoms with Crippen LogP contribution in [-0.2, 0) is 25.8 Å². The lowest BCUT2D eigenvalue weighted by molar-refractivity contribution is -0.136. The maximum absolute atomic E-state index is 15.4. The van der Waals surface area contributed by atoms with Crippen LogP contribution in [0.3, 0.4) is 0 Å². The molecule has 0 unspecified atom stereocenters. The van der Waals surface area contributed by atoms with Crippen molar-refractivity contribution in [1.82, 2.24) is 39.6 Å². The van der Waals surface area contributed by atoms with Gasteiger partial charge in [0.1, 0.15) is 22.3 Å². The lowest BCUT2D eigenvalue weighted by Gasteiger charge is -2.16. The molecule has 14 heteroatoms. The third kappa shape index (κ3) is 3.80. The van der Waals surface area contributed by atoms with Gasteiger partial charge in [0.2, 0.25) is 0 Å². The summed E-state index contributed by atoms with van der Waals surface area (Å²) < 4.78 is 57.7. The van der Waals surface area contributed by atoms with Gasteiger partial charge in [0.05, 0.1) is 29.3 Å². The number of nitrogens with zero attached hydrogens (tertiary/aromatic N) is 6. The Morgan fingerprint density at radius 3 is 2.66 bits per heavy atom. The zero-order valence-corrected chi connectivity index (χ0v) is 19.7. The highest BCUT2D eigenvalue weighted by Crippen LogP contribution is 2.32. The van der Waals surface area contributed by atoms with Gasteiger partial charge in [-0.25, -0.2) is 18.6 Å². The van der Waals surface area contributed by atoms with E-state index in [1.807, 2.05) is 11.1 Å². The van der Waals surface area contributed by atoms with E-state index in [9.17, 15) is 22.8 Å². The van der Waals surface area contributed by atoms with Gasteiger partial charge in [0.25, 0.3) is 11.5 Å². The molecule has 4 aromatic heterocycles. The van der Waals surface area contributed by atoms with Gasteiger partial charge < -0.3 is 10.3 Å². The smallest absolute Gasteiger partial charge is 0.354 e. The SMILES string of the molecule is CNC(=O)c1ccc(-n2cc3c(n2)CN(Cc2ccc4c([nH]c(=O)c5c(C(F)(F)F)cnn54)c2F)C3)cn1. The molecule has 2 N–H and O–H groups in total. The second kappa shape index (κ2) is 8.48. The lowest BCUT2D eigenvalue weighted by Crippen LogP contribution is -2.19. The highest BCUT2D eigenvalue weighted by atomic mass is 19.4. The van der Waals surface area contributed by atoms with Gasteiger partial charge in [0.15, 0.2) is 5.82 Å². The number of rotatable bonds is 4.